The monoisotopic (exact) mass is 314 g/mol. The second-order valence-electron chi connectivity index (χ2n) is 4.09. The van der Waals surface area contributed by atoms with Crippen LogP contribution in [0, 0.1) is 0 Å². The Hall–Kier alpha value is -0.0700. The second-order valence-corrected chi connectivity index (χ2v) is 8.81. The molecule has 0 radical (unpaired) electrons. The van der Waals surface area contributed by atoms with Gasteiger partial charge in [-0.2, -0.15) is 0 Å². The van der Waals surface area contributed by atoms with Crippen molar-refractivity contribution in [3.63, 3.8) is 0 Å². The first-order valence-electron chi connectivity index (χ1n) is 5.79. The van der Waals surface area contributed by atoms with Crippen LogP contribution in [-0.4, -0.2) is 37.9 Å². The van der Waals surface area contributed by atoms with E-state index < -0.39 is 8.87 Å². The summed E-state index contributed by atoms with van der Waals surface area (Å²) in [6.07, 6.45) is 5.34. The number of rotatable bonds is 11. The summed E-state index contributed by atoms with van der Waals surface area (Å²) in [5.41, 5.74) is 0. The van der Waals surface area contributed by atoms with Gasteiger partial charge < -0.3 is 0 Å². The van der Waals surface area contributed by atoms with E-state index in [2.05, 4.69) is 0 Å². The van der Waals surface area contributed by atoms with Gasteiger partial charge in [0.05, 0.1) is 11.6 Å². The van der Waals surface area contributed by atoms with Crippen molar-refractivity contribution in [2.45, 2.75) is 38.5 Å². The molecule has 0 aromatic rings. The normalized spacial score (nSPS) is 11.4. The first-order valence-corrected chi connectivity index (χ1v) is 9.72. The van der Waals surface area contributed by atoms with E-state index in [4.69, 9.17) is 11.6 Å². The van der Waals surface area contributed by atoms with E-state index in [0.29, 0.717) is 23.6 Å². The Kier molecular flexibility index (Phi) is 9.77. The average Bonchev–Trinajstić information content (AvgIpc) is 2.29. The number of carbonyl (C=O) groups excluding carboxylic acids is 2. The third-order valence-electron chi connectivity index (χ3n) is 2.24. The Morgan fingerprint density at radius 3 is 1.94 bits per heavy atom. The fourth-order valence-electron chi connectivity index (χ4n) is 1.31. The van der Waals surface area contributed by atoms with Crippen LogP contribution in [0.15, 0.2) is 0 Å². The molecule has 0 aliphatic carbocycles. The van der Waals surface area contributed by atoms with Crippen molar-refractivity contribution >= 4 is 42.8 Å². The maximum absolute atomic E-state index is 11.3. The Morgan fingerprint density at radius 2 is 1.50 bits per heavy atom. The van der Waals surface area contributed by atoms with Crippen LogP contribution < -0.4 is 0 Å². The first kappa shape index (κ1) is 17.9. The molecule has 0 rings (SSSR count). The second kappa shape index (κ2) is 9.81. The van der Waals surface area contributed by atoms with Gasteiger partial charge in [-0.1, -0.05) is 12.8 Å². The van der Waals surface area contributed by atoms with Crippen molar-refractivity contribution in [3.05, 3.63) is 0 Å². The van der Waals surface area contributed by atoms with E-state index in [1.165, 1.54) is 0 Å². The SMILES string of the molecule is CS(=O)(=O)SCC(=O)CCCCCCC(=O)CCl. The molecule has 0 fully saturated rings. The lowest BCUT2D eigenvalue weighted by Crippen LogP contribution is -2.04. The molecule has 7 heteroatoms. The Bertz CT molecular complexity index is 365. The van der Waals surface area contributed by atoms with Crippen molar-refractivity contribution in [1.82, 2.24) is 0 Å². The fourth-order valence-corrected chi connectivity index (χ4v) is 2.97. The lowest BCUT2D eigenvalue weighted by molar-refractivity contribution is -0.117. The van der Waals surface area contributed by atoms with Crippen LogP contribution in [0.1, 0.15) is 38.5 Å². The number of halogens is 1. The number of carbonyl (C=O) groups is 2. The molecule has 0 aliphatic rings. The van der Waals surface area contributed by atoms with Gasteiger partial charge in [-0.3, -0.25) is 9.59 Å². The molecule has 0 amide bonds. The predicted octanol–water partition coefficient (Wildman–Crippen LogP) is 2.40. The average molecular weight is 315 g/mol. The maximum atomic E-state index is 11.3. The maximum Gasteiger partial charge on any atom is 0.199 e. The van der Waals surface area contributed by atoms with Gasteiger partial charge in [0.1, 0.15) is 11.6 Å². The van der Waals surface area contributed by atoms with E-state index in [0.717, 1.165) is 31.9 Å². The van der Waals surface area contributed by atoms with E-state index in [9.17, 15) is 18.0 Å². The van der Waals surface area contributed by atoms with Crippen molar-refractivity contribution in [2.75, 3.05) is 17.9 Å². The quantitative estimate of drug-likeness (QED) is 0.333. The van der Waals surface area contributed by atoms with Gasteiger partial charge >= 0.3 is 0 Å². The summed E-state index contributed by atoms with van der Waals surface area (Å²) in [7, 11) is -2.44. The molecule has 0 aliphatic heterocycles. The predicted molar refractivity (Wildman–Crippen MR) is 75.7 cm³/mol. The van der Waals surface area contributed by atoms with Crippen LogP contribution in [0.2, 0.25) is 0 Å². The molecule has 0 saturated heterocycles. The molecule has 0 bridgehead atoms. The molecule has 0 saturated carbocycles. The highest BCUT2D eigenvalue weighted by molar-refractivity contribution is 8.72. The van der Waals surface area contributed by atoms with Crippen LogP contribution in [0.25, 0.3) is 0 Å². The molecule has 106 valence electrons. The third-order valence-corrected chi connectivity index (χ3v) is 5.05. The van der Waals surface area contributed by atoms with Crippen LogP contribution in [0.4, 0.5) is 0 Å². The van der Waals surface area contributed by atoms with Gasteiger partial charge in [-0.25, -0.2) is 8.42 Å². The number of ketones is 2. The summed E-state index contributed by atoms with van der Waals surface area (Å²) in [6.45, 7) is 0. The number of unbranched alkanes of at least 4 members (excludes halogenated alkanes) is 3. The number of hydrogen-bond acceptors (Lipinski definition) is 5. The molecule has 0 N–H and O–H groups in total. The fraction of sp³-hybridized carbons (Fsp3) is 0.818. The van der Waals surface area contributed by atoms with Crippen LogP contribution in [0.5, 0.6) is 0 Å². The minimum Gasteiger partial charge on any atom is -0.299 e. The number of alkyl halides is 1. The van der Waals surface area contributed by atoms with Crippen molar-refractivity contribution in [2.24, 2.45) is 0 Å². The lowest BCUT2D eigenvalue weighted by Gasteiger charge is -2.01. The summed E-state index contributed by atoms with van der Waals surface area (Å²) in [4.78, 5) is 22.2. The minimum atomic E-state index is -3.13. The van der Waals surface area contributed by atoms with Crippen molar-refractivity contribution < 1.29 is 18.0 Å². The van der Waals surface area contributed by atoms with E-state index in [1.54, 1.807) is 0 Å². The van der Waals surface area contributed by atoms with Crippen molar-refractivity contribution in [1.29, 1.82) is 0 Å². The largest absolute Gasteiger partial charge is 0.299 e. The van der Waals surface area contributed by atoms with Crippen LogP contribution >= 0.6 is 22.4 Å². The first-order chi connectivity index (χ1) is 8.35. The van der Waals surface area contributed by atoms with Crippen LogP contribution in [0.3, 0.4) is 0 Å². The lowest BCUT2D eigenvalue weighted by atomic mass is 10.1. The molecule has 0 spiro atoms. The van der Waals surface area contributed by atoms with Gasteiger partial charge in [-0.05, 0) is 23.6 Å². The highest BCUT2D eigenvalue weighted by Gasteiger charge is 2.08. The van der Waals surface area contributed by atoms with Crippen LogP contribution in [-0.2, 0) is 18.5 Å². The summed E-state index contributed by atoms with van der Waals surface area (Å²) in [5.74, 6) is 0.115. The van der Waals surface area contributed by atoms with Gasteiger partial charge in [-0.15, -0.1) is 11.6 Å². The van der Waals surface area contributed by atoms with Crippen molar-refractivity contribution in [3.8, 4) is 0 Å². The Morgan fingerprint density at radius 1 is 1.00 bits per heavy atom. The summed E-state index contributed by atoms with van der Waals surface area (Å²) < 4.78 is 21.6. The smallest absolute Gasteiger partial charge is 0.199 e. The molecule has 0 unspecified atom stereocenters. The standard InChI is InChI=1S/C11H19ClO4S2/c1-18(15,16)17-9-11(14)7-5-3-2-4-6-10(13)8-12/h2-9H2,1H3. The minimum absolute atomic E-state index is 0.0313. The van der Waals surface area contributed by atoms with E-state index >= 15 is 0 Å². The van der Waals surface area contributed by atoms with E-state index in [-0.39, 0.29) is 23.2 Å². The molecule has 0 aromatic carbocycles. The molecular weight excluding hydrogens is 296 g/mol. The molecule has 0 atom stereocenters. The zero-order valence-electron chi connectivity index (χ0n) is 10.5. The van der Waals surface area contributed by atoms with E-state index in [1.807, 2.05) is 0 Å². The Balaban J connectivity index is 3.44. The van der Waals surface area contributed by atoms with Gasteiger partial charge in [0.25, 0.3) is 0 Å². The van der Waals surface area contributed by atoms with Gasteiger partial charge in [0.15, 0.2) is 8.87 Å². The number of Topliss-reactive ketones (excluding diaryl/α,β-unsaturated/α-hetero) is 2. The zero-order valence-corrected chi connectivity index (χ0v) is 12.9. The zero-order chi connectivity index (χ0) is 14.0. The summed E-state index contributed by atoms with van der Waals surface area (Å²) in [5, 5.41) is 0. The topological polar surface area (TPSA) is 68.3 Å². The molecule has 18 heavy (non-hydrogen) atoms. The third kappa shape index (κ3) is 12.4. The molecule has 0 aromatic heterocycles. The number of hydrogen-bond donors (Lipinski definition) is 0. The van der Waals surface area contributed by atoms with Gasteiger partial charge in [0.2, 0.25) is 0 Å². The summed E-state index contributed by atoms with van der Waals surface area (Å²) in [6, 6.07) is 0. The Labute approximate surface area is 117 Å². The van der Waals surface area contributed by atoms with Gasteiger partial charge in [0, 0.05) is 19.1 Å². The molecule has 4 nitrogen and oxygen atoms in total. The molecule has 0 heterocycles. The highest BCUT2D eigenvalue weighted by atomic mass is 35.5. The molecular formula is C11H19ClO4S2. The highest BCUT2D eigenvalue weighted by Crippen LogP contribution is 2.12. The summed E-state index contributed by atoms with van der Waals surface area (Å²) >= 11 is 5.36.